The van der Waals surface area contributed by atoms with E-state index in [0.717, 1.165) is 36.2 Å². The van der Waals surface area contributed by atoms with Crippen molar-refractivity contribution >= 4 is 5.97 Å². The lowest BCUT2D eigenvalue weighted by molar-refractivity contribution is -0.140. The quantitative estimate of drug-likeness (QED) is 0.840. The predicted molar refractivity (Wildman–Crippen MR) is 71.8 cm³/mol. The largest absolute Gasteiger partial charge is 0.457 e. The molecule has 1 unspecified atom stereocenters. The maximum atomic E-state index is 12.2. The topological polar surface area (TPSA) is 41.6 Å². The van der Waals surface area contributed by atoms with Crippen molar-refractivity contribution in [2.24, 2.45) is 5.92 Å². The number of fused-ring (bicyclic) bond motifs is 2. The van der Waals surface area contributed by atoms with Gasteiger partial charge in [0.15, 0.2) is 0 Å². The van der Waals surface area contributed by atoms with E-state index in [4.69, 9.17) is 4.74 Å². The van der Waals surface area contributed by atoms with Gasteiger partial charge in [0.2, 0.25) is 0 Å². The number of hydrogen-bond donors (Lipinski definition) is 1. The summed E-state index contributed by atoms with van der Waals surface area (Å²) in [6, 6.07) is 9.78. The highest BCUT2D eigenvalue weighted by atomic mass is 16.5. The van der Waals surface area contributed by atoms with Gasteiger partial charge in [0, 0.05) is 19.3 Å². The molecule has 1 heterocycles. The van der Waals surface area contributed by atoms with E-state index < -0.39 is 0 Å². The minimum atomic E-state index is -0.170. The van der Waals surface area contributed by atoms with Crippen LogP contribution < -0.4 is 5.43 Å². The fourth-order valence-corrected chi connectivity index (χ4v) is 2.73. The van der Waals surface area contributed by atoms with Gasteiger partial charge in [0.25, 0.3) is 0 Å². The maximum absolute atomic E-state index is 12.2. The molecule has 4 heteroatoms. The summed E-state index contributed by atoms with van der Waals surface area (Å²) in [7, 11) is 1.96. The van der Waals surface area contributed by atoms with E-state index in [1.54, 1.807) is 0 Å². The number of nitrogens with zero attached hydrogens (tertiary/aromatic N) is 1. The monoisotopic (exact) mass is 258 g/mol. The van der Waals surface area contributed by atoms with Crippen LogP contribution in [0.5, 0.6) is 0 Å². The van der Waals surface area contributed by atoms with Crippen molar-refractivity contribution < 1.29 is 9.53 Å². The lowest BCUT2D eigenvalue weighted by Gasteiger charge is -2.28. The molecule has 0 radical (unpaired) electrons. The van der Waals surface area contributed by atoms with Crippen LogP contribution in [0.2, 0.25) is 0 Å². The van der Waals surface area contributed by atoms with Crippen molar-refractivity contribution in [3.05, 3.63) is 47.2 Å². The molecule has 3 rings (SSSR count). The van der Waals surface area contributed by atoms with Crippen LogP contribution in [0.15, 0.2) is 41.6 Å². The third-order valence-corrected chi connectivity index (χ3v) is 3.80. The molecule has 0 saturated carbocycles. The lowest BCUT2D eigenvalue weighted by Crippen LogP contribution is -2.40. The summed E-state index contributed by atoms with van der Waals surface area (Å²) in [6.07, 6.45) is 1.82. The van der Waals surface area contributed by atoms with Crippen molar-refractivity contribution in [1.29, 1.82) is 0 Å². The fraction of sp³-hybridized carbons (Fsp3) is 0.400. The molecule has 0 spiro atoms. The molecular formula is C15H18N2O2. The number of ether oxygens (including phenoxy) is 1. The second kappa shape index (κ2) is 5.05. The van der Waals surface area contributed by atoms with Crippen LogP contribution in [-0.2, 0) is 16.1 Å². The molecular weight excluding hydrogens is 240 g/mol. The first-order valence-corrected chi connectivity index (χ1v) is 6.64. The van der Waals surface area contributed by atoms with Crippen LogP contribution in [0, 0.1) is 5.92 Å². The lowest BCUT2D eigenvalue weighted by atomic mass is 10.1. The van der Waals surface area contributed by atoms with Crippen molar-refractivity contribution in [3.63, 3.8) is 0 Å². The minimum absolute atomic E-state index is 0.170. The molecule has 4 nitrogen and oxygen atoms in total. The average molecular weight is 258 g/mol. The van der Waals surface area contributed by atoms with Gasteiger partial charge in [-0.3, -0.25) is 0 Å². The summed E-state index contributed by atoms with van der Waals surface area (Å²) in [5, 5.41) is 1.96. The van der Waals surface area contributed by atoms with Gasteiger partial charge in [-0.1, -0.05) is 30.3 Å². The highest BCUT2D eigenvalue weighted by Gasteiger charge is 2.34. The molecule has 1 aliphatic carbocycles. The number of hydrogen-bond acceptors (Lipinski definition) is 4. The zero-order valence-corrected chi connectivity index (χ0v) is 11.1. The summed E-state index contributed by atoms with van der Waals surface area (Å²) < 4.78 is 5.42. The van der Waals surface area contributed by atoms with Gasteiger partial charge >= 0.3 is 5.97 Å². The Morgan fingerprint density at radius 1 is 1.37 bits per heavy atom. The molecule has 19 heavy (non-hydrogen) atoms. The van der Waals surface area contributed by atoms with Crippen molar-refractivity contribution in [2.45, 2.75) is 19.4 Å². The second-order valence-corrected chi connectivity index (χ2v) is 5.18. The number of nitrogens with one attached hydrogen (secondary N) is 1. The Labute approximate surface area is 113 Å². The zero-order valence-electron chi connectivity index (χ0n) is 11.1. The molecule has 1 aromatic rings. The summed E-state index contributed by atoms with van der Waals surface area (Å²) in [5.74, 6) is 0.377. The standard InChI is InChI=1S/C15H18N2O2/c1-17-14-8-12(9-16-17)7-13(14)15(18)19-10-11-5-3-2-4-6-11/h2-6,12,16H,7-10H2,1H3. The smallest absolute Gasteiger partial charge is 0.336 e. The molecule has 1 N–H and O–H groups in total. The first kappa shape index (κ1) is 12.2. The van der Waals surface area contributed by atoms with Gasteiger partial charge in [-0.05, 0) is 24.3 Å². The summed E-state index contributed by atoms with van der Waals surface area (Å²) >= 11 is 0. The number of rotatable bonds is 3. The van der Waals surface area contributed by atoms with Crippen molar-refractivity contribution in [1.82, 2.24) is 10.4 Å². The van der Waals surface area contributed by atoms with Crippen molar-refractivity contribution in [3.8, 4) is 0 Å². The second-order valence-electron chi connectivity index (χ2n) is 5.18. The summed E-state index contributed by atoms with van der Waals surface area (Å²) in [6.45, 7) is 1.29. The van der Waals surface area contributed by atoms with Crippen LogP contribution in [-0.4, -0.2) is 24.6 Å². The van der Waals surface area contributed by atoms with Crippen LogP contribution >= 0.6 is 0 Å². The Morgan fingerprint density at radius 2 is 2.16 bits per heavy atom. The molecule has 2 aliphatic rings. The molecule has 1 aromatic carbocycles. The Kier molecular flexibility index (Phi) is 3.25. The first-order chi connectivity index (χ1) is 9.24. The third-order valence-electron chi connectivity index (χ3n) is 3.80. The molecule has 2 bridgehead atoms. The van der Waals surface area contributed by atoms with Gasteiger partial charge in [0.05, 0.1) is 5.57 Å². The minimum Gasteiger partial charge on any atom is -0.457 e. The van der Waals surface area contributed by atoms with E-state index in [1.165, 1.54) is 0 Å². The predicted octanol–water partition coefficient (Wildman–Crippen LogP) is 1.84. The number of allylic oxidation sites excluding steroid dienone is 1. The average Bonchev–Trinajstić information content (AvgIpc) is 2.81. The number of hydrazine groups is 1. The Morgan fingerprint density at radius 3 is 2.95 bits per heavy atom. The van der Waals surface area contributed by atoms with E-state index in [-0.39, 0.29) is 5.97 Å². The molecule has 1 aliphatic heterocycles. The van der Waals surface area contributed by atoms with Crippen molar-refractivity contribution in [2.75, 3.05) is 13.6 Å². The third kappa shape index (κ3) is 2.49. The summed E-state index contributed by atoms with van der Waals surface area (Å²) in [5.41, 5.74) is 6.23. The Hall–Kier alpha value is -1.81. The van der Waals surface area contributed by atoms with Crippen LogP contribution in [0.25, 0.3) is 0 Å². The maximum Gasteiger partial charge on any atom is 0.336 e. The fourth-order valence-electron chi connectivity index (χ4n) is 2.73. The molecule has 1 atom stereocenters. The molecule has 100 valence electrons. The van der Waals surface area contributed by atoms with E-state index >= 15 is 0 Å². The first-order valence-electron chi connectivity index (χ1n) is 6.64. The molecule has 1 saturated heterocycles. The molecule has 0 aromatic heterocycles. The number of esters is 1. The van der Waals surface area contributed by atoms with E-state index in [9.17, 15) is 4.79 Å². The Balaban J connectivity index is 1.66. The highest BCUT2D eigenvalue weighted by molar-refractivity contribution is 5.90. The van der Waals surface area contributed by atoms with Gasteiger partial charge in [0.1, 0.15) is 6.61 Å². The van der Waals surface area contributed by atoms with Crippen LogP contribution in [0.1, 0.15) is 18.4 Å². The van der Waals surface area contributed by atoms with Gasteiger partial charge in [-0.15, -0.1) is 0 Å². The van der Waals surface area contributed by atoms with Gasteiger partial charge in [-0.2, -0.15) is 0 Å². The van der Waals surface area contributed by atoms with E-state index in [0.29, 0.717) is 12.5 Å². The number of carbonyl (C=O) groups excluding carboxylic acids is 1. The van der Waals surface area contributed by atoms with Crippen LogP contribution in [0.4, 0.5) is 0 Å². The van der Waals surface area contributed by atoms with Gasteiger partial charge < -0.3 is 9.75 Å². The number of carbonyl (C=O) groups is 1. The highest BCUT2D eigenvalue weighted by Crippen LogP contribution is 2.35. The van der Waals surface area contributed by atoms with E-state index in [2.05, 4.69) is 5.43 Å². The van der Waals surface area contributed by atoms with Crippen LogP contribution in [0.3, 0.4) is 0 Å². The van der Waals surface area contributed by atoms with E-state index in [1.807, 2.05) is 42.4 Å². The normalized spacial score (nSPS) is 21.7. The summed E-state index contributed by atoms with van der Waals surface area (Å²) in [4.78, 5) is 12.2. The Bertz CT molecular complexity index is 510. The number of benzene rings is 1. The SMILES string of the molecule is CN1NCC2CC(C(=O)OCc3ccccc3)=C1C2. The van der Waals surface area contributed by atoms with Gasteiger partial charge in [-0.25, -0.2) is 10.2 Å². The zero-order chi connectivity index (χ0) is 13.2. The molecule has 0 amide bonds. The molecule has 1 fully saturated rings.